The minimum atomic E-state index is -2.47. The summed E-state index contributed by atoms with van der Waals surface area (Å²) < 4.78 is 24.3. The highest BCUT2D eigenvalue weighted by molar-refractivity contribution is 7.99. The Bertz CT molecular complexity index is 459. The molecule has 3 nitrogen and oxygen atoms in total. The first-order valence-electron chi connectivity index (χ1n) is 6.54. The van der Waals surface area contributed by atoms with Crippen molar-refractivity contribution in [1.82, 2.24) is 5.32 Å². The maximum atomic E-state index is 12.2. The maximum Gasteiger partial charge on any atom is 0.288 e. The second kappa shape index (κ2) is 6.54. The highest BCUT2D eigenvalue weighted by Crippen LogP contribution is 2.29. The van der Waals surface area contributed by atoms with Crippen LogP contribution in [-0.2, 0) is 0 Å². The Labute approximate surface area is 120 Å². The van der Waals surface area contributed by atoms with Gasteiger partial charge in [0.05, 0.1) is 5.60 Å². The molecule has 1 aromatic rings. The van der Waals surface area contributed by atoms with Gasteiger partial charge in [-0.1, -0.05) is 24.6 Å². The van der Waals surface area contributed by atoms with Crippen LogP contribution in [0.5, 0.6) is 0 Å². The van der Waals surface area contributed by atoms with Crippen molar-refractivity contribution in [3.05, 3.63) is 29.8 Å². The number of rotatable bonds is 5. The van der Waals surface area contributed by atoms with Gasteiger partial charge in [0.25, 0.3) is 11.7 Å². The van der Waals surface area contributed by atoms with Gasteiger partial charge >= 0.3 is 0 Å². The third kappa shape index (κ3) is 4.18. The Morgan fingerprint density at radius 3 is 2.45 bits per heavy atom. The summed E-state index contributed by atoms with van der Waals surface area (Å²) in [5.41, 5.74) is -0.383. The molecule has 0 radical (unpaired) electrons. The number of nitrogens with one attached hydrogen (secondary N) is 1. The van der Waals surface area contributed by atoms with Crippen LogP contribution in [-0.4, -0.2) is 28.9 Å². The maximum absolute atomic E-state index is 12.2. The molecule has 0 saturated heterocycles. The van der Waals surface area contributed by atoms with Crippen LogP contribution in [0.25, 0.3) is 0 Å². The fourth-order valence-corrected chi connectivity index (χ4v) is 2.84. The molecule has 20 heavy (non-hydrogen) atoms. The topological polar surface area (TPSA) is 49.3 Å². The van der Waals surface area contributed by atoms with Crippen molar-refractivity contribution in [2.45, 2.75) is 41.9 Å². The van der Waals surface area contributed by atoms with Gasteiger partial charge < -0.3 is 10.4 Å². The molecule has 0 unspecified atom stereocenters. The molecule has 0 aliphatic heterocycles. The van der Waals surface area contributed by atoms with Crippen molar-refractivity contribution in [2.24, 2.45) is 0 Å². The van der Waals surface area contributed by atoms with Gasteiger partial charge in [0.2, 0.25) is 0 Å². The fraction of sp³-hybridized carbons (Fsp3) is 0.500. The quantitative estimate of drug-likeness (QED) is 0.822. The number of hydrogen-bond donors (Lipinski definition) is 2. The lowest BCUT2D eigenvalue weighted by atomic mass is 10.0. The number of carbonyl (C=O) groups excluding carboxylic acids is 1. The average molecular weight is 301 g/mol. The molecule has 0 spiro atoms. The minimum Gasteiger partial charge on any atom is -0.388 e. The van der Waals surface area contributed by atoms with Gasteiger partial charge in [0, 0.05) is 17.0 Å². The lowest BCUT2D eigenvalue weighted by Crippen LogP contribution is -2.40. The van der Waals surface area contributed by atoms with Gasteiger partial charge in [-0.25, -0.2) is 0 Å². The van der Waals surface area contributed by atoms with Crippen LogP contribution in [0.3, 0.4) is 0 Å². The number of hydrogen-bond acceptors (Lipinski definition) is 3. The van der Waals surface area contributed by atoms with Crippen LogP contribution in [0.15, 0.2) is 29.2 Å². The molecule has 2 rings (SSSR count). The van der Waals surface area contributed by atoms with E-state index in [0.717, 1.165) is 12.8 Å². The predicted octanol–water partition coefficient (Wildman–Crippen LogP) is 3.04. The SMILES string of the molecule is O=C(NCC1(O)CCCC1)c1ccc(SC(F)F)cc1. The number of benzene rings is 1. The van der Waals surface area contributed by atoms with Crippen molar-refractivity contribution < 1.29 is 18.7 Å². The summed E-state index contributed by atoms with van der Waals surface area (Å²) in [6, 6.07) is 6.02. The fourth-order valence-electron chi connectivity index (χ4n) is 2.34. The lowest BCUT2D eigenvalue weighted by molar-refractivity contribution is 0.0449. The second-order valence-corrected chi connectivity index (χ2v) is 6.08. The van der Waals surface area contributed by atoms with Crippen LogP contribution in [0.4, 0.5) is 8.78 Å². The molecule has 0 atom stereocenters. The number of thioether (sulfide) groups is 1. The zero-order valence-electron chi connectivity index (χ0n) is 10.9. The second-order valence-electron chi connectivity index (χ2n) is 5.02. The Hall–Kier alpha value is -1.14. The summed E-state index contributed by atoms with van der Waals surface area (Å²) in [5, 5.41) is 12.8. The molecule has 1 fully saturated rings. The van der Waals surface area contributed by atoms with Crippen molar-refractivity contribution in [3.8, 4) is 0 Å². The number of carbonyl (C=O) groups is 1. The Balaban J connectivity index is 1.89. The zero-order valence-corrected chi connectivity index (χ0v) is 11.8. The van der Waals surface area contributed by atoms with Crippen molar-refractivity contribution in [1.29, 1.82) is 0 Å². The molecule has 1 aliphatic carbocycles. The molecule has 1 aliphatic rings. The number of aliphatic hydroxyl groups is 1. The van der Waals surface area contributed by atoms with E-state index in [-0.39, 0.29) is 12.5 Å². The van der Waals surface area contributed by atoms with Gasteiger partial charge in [-0.3, -0.25) is 4.79 Å². The normalized spacial score (nSPS) is 17.4. The van der Waals surface area contributed by atoms with Crippen molar-refractivity contribution in [2.75, 3.05) is 6.54 Å². The van der Waals surface area contributed by atoms with E-state index in [9.17, 15) is 18.7 Å². The van der Waals surface area contributed by atoms with Crippen LogP contribution in [0.1, 0.15) is 36.0 Å². The molecule has 110 valence electrons. The first-order valence-corrected chi connectivity index (χ1v) is 7.42. The van der Waals surface area contributed by atoms with Crippen LogP contribution >= 0.6 is 11.8 Å². The standard InChI is InChI=1S/C14H17F2NO2S/c15-13(16)20-11-5-3-10(4-6-11)12(18)17-9-14(19)7-1-2-8-14/h3-6,13,19H,1-2,7-9H2,(H,17,18). The van der Waals surface area contributed by atoms with Gasteiger partial charge in [-0.2, -0.15) is 8.78 Å². The predicted molar refractivity (Wildman–Crippen MR) is 74.1 cm³/mol. The smallest absolute Gasteiger partial charge is 0.288 e. The van der Waals surface area contributed by atoms with E-state index in [2.05, 4.69) is 5.32 Å². The summed E-state index contributed by atoms with van der Waals surface area (Å²) in [5.74, 6) is -2.76. The summed E-state index contributed by atoms with van der Waals surface area (Å²) in [6.07, 6.45) is 3.37. The van der Waals surface area contributed by atoms with Crippen LogP contribution in [0, 0.1) is 0 Å². The third-order valence-corrected chi connectivity index (χ3v) is 4.18. The average Bonchev–Trinajstić information content (AvgIpc) is 2.84. The molecule has 6 heteroatoms. The van der Waals surface area contributed by atoms with Gasteiger partial charge in [-0.05, 0) is 37.1 Å². The van der Waals surface area contributed by atoms with E-state index in [1.54, 1.807) is 0 Å². The molecule has 1 amide bonds. The number of amides is 1. The monoisotopic (exact) mass is 301 g/mol. The Morgan fingerprint density at radius 1 is 1.30 bits per heavy atom. The van der Waals surface area contributed by atoms with Crippen LogP contribution in [0.2, 0.25) is 0 Å². The summed E-state index contributed by atoms with van der Waals surface area (Å²) in [6.45, 7) is 0.235. The van der Waals surface area contributed by atoms with E-state index in [1.165, 1.54) is 24.3 Å². The molecule has 1 aromatic carbocycles. The first-order chi connectivity index (χ1) is 9.48. The highest BCUT2D eigenvalue weighted by Gasteiger charge is 2.31. The molecule has 0 bridgehead atoms. The molecule has 1 saturated carbocycles. The summed E-state index contributed by atoms with van der Waals surface area (Å²) in [7, 11) is 0. The minimum absolute atomic E-state index is 0.235. The van der Waals surface area contributed by atoms with E-state index < -0.39 is 11.4 Å². The van der Waals surface area contributed by atoms with Crippen molar-refractivity contribution in [3.63, 3.8) is 0 Å². The molecule has 2 N–H and O–H groups in total. The molecular weight excluding hydrogens is 284 g/mol. The summed E-state index contributed by atoms with van der Waals surface area (Å²) >= 11 is 0.447. The lowest BCUT2D eigenvalue weighted by Gasteiger charge is -2.22. The number of alkyl halides is 2. The third-order valence-electron chi connectivity index (χ3n) is 3.45. The van der Waals surface area contributed by atoms with E-state index in [4.69, 9.17) is 0 Å². The van der Waals surface area contributed by atoms with E-state index in [1.807, 2.05) is 0 Å². The zero-order chi connectivity index (χ0) is 14.6. The summed E-state index contributed by atoms with van der Waals surface area (Å²) in [4.78, 5) is 12.3. The van der Waals surface area contributed by atoms with Gasteiger partial charge in [0.15, 0.2) is 0 Å². The van der Waals surface area contributed by atoms with Crippen LogP contribution < -0.4 is 5.32 Å². The van der Waals surface area contributed by atoms with E-state index >= 15 is 0 Å². The largest absolute Gasteiger partial charge is 0.388 e. The van der Waals surface area contributed by atoms with E-state index in [0.29, 0.717) is 35.1 Å². The van der Waals surface area contributed by atoms with Crippen molar-refractivity contribution >= 4 is 17.7 Å². The number of halogens is 2. The first kappa shape index (κ1) is 15.3. The Kier molecular flexibility index (Phi) is 4.99. The van der Waals surface area contributed by atoms with Gasteiger partial charge in [0.1, 0.15) is 0 Å². The molecule has 0 heterocycles. The highest BCUT2D eigenvalue weighted by atomic mass is 32.2. The Morgan fingerprint density at radius 2 is 1.90 bits per heavy atom. The van der Waals surface area contributed by atoms with Gasteiger partial charge in [-0.15, -0.1) is 0 Å². The molecular formula is C14H17F2NO2S. The molecule has 0 aromatic heterocycles.